The molecule has 1 saturated heterocycles. The molecule has 26 heavy (non-hydrogen) atoms. The summed E-state index contributed by atoms with van der Waals surface area (Å²) in [5.74, 6) is -1.47. The SMILES string of the molecule is CCC[C@@H]1C[C@@H]2O[C@H]2CCC=CC(=O)Cc2cc(O)cc(O)c2C(=O)O1. The average Bonchev–Trinajstić information content (AvgIpc) is 3.28. The van der Waals surface area contributed by atoms with Gasteiger partial charge in [0.2, 0.25) is 0 Å². The molecule has 0 saturated carbocycles. The Labute approximate surface area is 152 Å². The predicted molar refractivity (Wildman–Crippen MR) is 94.2 cm³/mol. The van der Waals surface area contributed by atoms with E-state index in [9.17, 15) is 19.8 Å². The van der Waals surface area contributed by atoms with Crippen molar-refractivity contribution in [1.29, 1.82) is 0 Å². The molecule has 1 fully saturated rings. The van der Waals surface area contributed by atoms with E-state index in [0.717, 1.165) is 25.3 Å². The van der Waals surface area contributed by atoms with E-state index in [4.69, 9.17) is 9.47 Å². The number of ether oxygens (including phenoxy) is 2. The van der Waals surface area contributed by atoms with Crippen LogP contribution < -0.4 is 0 Å². The van der Waals surface area contributed by atoms with Crippen LogP contribution in [0.25, 0.3) is 0 Å². The number of allylic oxidation sites excluding steroid dienone is 2. The molecule has 0 bridgehead atoms. The zero-order valence-electron chi connectivity index (χ0n) is 14.8. The highest BCUT2D eigenvalue weighted by molar-refractivity contribution is 5.98. The Bertz CT molecular complexity index is 723. The van der Waals surface area contributed by atoms with E-state index in [1.165, 1.54) is 12.1 Å². The van der Waals surface area contributed by atoms with E-state index in [-0.39, 0.29) is 53.1 Å². The number of carbonyl (C=O) groups excluding carboxylic acids is 2. The highest BCUT2D eigenvalue weighted by atomic mass is 16.6. The predicted octanol–water partition coefficient (Wildman–Crippen LogP) is 3.04. The van der Waals surface area contributed by atoms with Crippen molar-refractivity contribution in [3.05, 3.63) is 35.4 Å². The number of fused-ring (bicyclic) bond motifs is 2. The molecule has 0 aromatic heterocycles. The Hall–Kier alpha value is -2.34. The highest BCUT2D eigenvalue weighted by Gasteiger charge is 2.40. The summed E-state index contributed by atoms with van der Waals surface area (Å²) in [5.41, 5.74) is 0.200. The van der Waals surface area contributed by atoms with Gasteiger partial charge in [0.25, 0.3) is 0 Å². The third kappa shape index (κ3) is 4.43. The number of carbonyl (C=O) groups is 2. The molecule has 2 heterocycles. The molecule has 2 aliphatic rings. The van der Waals surface area contributed by atoms with Crippen molar-refractivity contribution in [2.75, 3.05) is 0 Å². The molecule has 6 nitrogen and oxygen atoms in total. The van der Waals surface area contributed by atoms with Crippen LogP contribution in [0.2, 0.25) is 0 Å². The molecule has 140 valence electrons. The highest BCUT2D eigenvalue weighted by Crippen LogP contribution is 2.34. The Morgan fingerprint density at radius 1 is 1.19 bits per heavy atom. The quantitative estimate of drug-likeness (QED) is 0.622. The standard InChI is InChI=1S/C20H24O6/c1-2-5-15-11-18-17(26-18)7-4-3-6-13(21)8-12-9-14(22)10-16(23)19(12)20(24)25-15/h3,6,9-10,15,17-18,22-23H,2,4-5,7-8,11H2,1H3/t15-,17+,18+/m1/s1. The number of benzene rings is 1. The first-order valence-electron chi connectivity index (χ1n) is 9.08. The number of ketones is 1. The van der Waals surface area contributed by atoms with Crippen LogP contribution >= 0.6 is 0 Å². The summed E-state index contributed by atoms with van der Waals surface area (Å²) in [7, 11) is 0. The summed E-state index contributed by atoms with van der Waals surface area (Å²) in [6, 6.07) is 2.40. The summed E-state index contributed by atoms with van der Waals surface area (Å²) < 4.78 is 11.3. The van der Waals surface area contributed by atoms with Gasteiger partial charge in [-0.15, -0.1) is 0 Å². The first kappa shape index (κ1) is 18.5. The minimum absolute atomic E-state index is 0.0593. The Morgan fingerprint density at radius 3 is 2.77 bits per heavy atom. The minimum atomic E-state index is -0.679. The van der Waals surface area contributed by atoms with Gasteiger partial charge in [0.1, 0.15) is 23.2 Å². The smallest absolute Gasteiger partial charge is 0.342 e. The minimum Gasteiger partial charge on any atom is -0.508 e. The molecular formula is C20H24O6. The summed E-state index contributed by atoms with van der Waals surface area (Å²) in [6.45, 7) is 2.01. The van der Waals surface area contributed by atoms with Gasteiger partial charge in [0.15, 0.2) is 5.78 Å². The van der Waals surface area contributed by atoms with E-state index in [1.807, 2.05) is 6.92 Å². The van der Waals surface area contributed by atoms with Gasteiger partial charge in [-0.05, 0) is 37.0 Å². The van der Waals surface area contributed by atoms with Gasteiger partial charge in [0, 0.05) is 18.9 Å². The normalized spacial score (nSPS) is 26.4. The molecule has 0 amide bonds. The number of cyclic esters (lactones) is 1. The second-order valence-electron chi connectivity index (χ2n) is 6.89. The van der Waals surface area contributed by atoms with Crippen LogP contribution in [0.3, 0.4) is 0 Å². The Morgan fingerprint density at radius 2 is 2.00 bits per heavy atom. The summed E-state index contributed by atoms with van der Waals surface area (Å²) in [6.07, 6.45) is 6.84. The zero-order valence-corrected chi connectivity index (χ0v) is 14.8. The Kier molecular flexibility index (Phi) is 5.61. The summed E-state index contributed by atoms with van der Waals surface area (Å²) >= 11 is 0. The molecule has 2 aliphatic heterocycles. The molecule has 0 radical (unpaired) electrons. The number of epoxide rings is 1. The average molecular weight is 360 g/mol. The maximum absolute atomic E-state index is 12.7. The van der Waals surface area contributed by atoms with Crippen molar-refractivity contribution in [3.63, 3.8) is 0 Å². The van der Waals surface area contributed by atoms with Gasteiger partial charge in [-0.1, -0.05) is 19.4 Å². The van der Waals surface area contributed by atoms with Gasteiger partial charge in [0.05, 0.1) is 12.2 Å². The number of hydrogen-bond donors (Lipinski definition) is 2. The topological polar surface area (TPSA) is 96.4 Å². The van der Waals surface area contributed by atoms with Gasteiger partial charge in [-0.25, -0.2) is 4.79 Å². The van der Waals surface area contributed by atoms with Crippen molar-refractivity contribution in [1.82, 2.24) is 0 Å². The van der Waals surface area contributed by atoms with Crippen LogP contribution in [0.15, 0.2) is 24.3 Å². The van der Waals surface area contributed by atoms with Crippen LogP contribution in [-0.4, -0.2) is 40.3 Å². The monoisotopic (exact) mass is 360 g/mol. The lowest BCUT2D eigenvalue weighted by Crippen LogP contribution is -2.22. The lowest BCUT2D eigenvalue weighted by molar-refractivity contribution is -0.114. The fourth-order valence-electron chi connectivity index (χ4n) is 3.42. The van der Waals surface area contributed by atoms with Crippen molar-refractivity contribution < 1.29 is 29.3 Å². The van der Waals surface area contributed by atoms with Crippen molar-refractivity contribution >= 4 is 11.8 Å². The first-order valence-corrected chi connectivity index (χ1v) is 9.08. The molecule has 0 spiro atoms. The Balaban J connectivity index is 1.92. The van der Waals surface area contributed by atoms with Crippen molar-refractivity contribution in [2.24, 2.45) is 0 Å². The third-order valence-corrected chi connectivity index (χ3v) is 4.74. The molecule has 1 aromatic rings. The van der Waals surface area contributed by atoms with Crippen LogP contribution in [0.1, 0.15) is 54.9 Å². The first-order chi connectivity index (χ1) is 12.5. The van der Waals surface area contributed by atoms with E-state index < -0.39 is 5.97 Å². The van der Waals surface area contributed by atoms with E-state index in [2.05, 4.69) is 0 Å². The number of esters is 1. The maximum atomic E-state index is 12.7. The second-order valence-corrected chi connectivity index (χ2v) is 6.89. The number of aromatic hydroxyl groups is 2. The lowest BCUT2D eigenvalue weighted by atomic mass is 9.99. The molecule has 6 heteroatoms. The van der Waals surface area contributed by atoms with Gasteiger partial charge < -0.3 is 19.7 Å². The van der Waals surface area contributed by atoms with Crippen LogP contribution in [0, 0.1) is 0 Å². The molecule has 2 N–H and O–H groups in total. The van der Waals surface area contributed by atoms with Crippen molar-refractivity contribution in [2.45, 2.75) is 63.8 Å². The largest absolute Gasteiger partial charge is 0.508 e. The second kappa shape index (κ2) is 7.91. The molecular weight excluding hydrogens is 336 g/mol. The molecule has 0 unspecified atom stereocenters. The zero-order chi connectivity index (χ0) is 18.7. The molecule has 3 atom stereocenters. The molecule has 0 aliphatic carbocycles. The summed E-state index contributed by atoms with van der Waals surface area (Å²) in [5, 5.41) is 19.9. The fourth-order valence-corrected chi connectivity index (χ4v) is 3.42. The van der Waals surface area contributed by atoms with E-state index in [0.29, 0.717) is 12.8 Å². The summed E-state index contributed by atoms with van der Waals surface area (Å²) in [4.78, 5) is 24.9. The van der Waals surface area contributed by atoms with E-state index >= 15 is 0 Å². The fraction of sp³-hybridized carbons (Fsp3) is 0.500. The van der Waals surface area contributed by atoms with Crippen molar-refractivity contribution in [3.8, 4) is 11.5 Å². The van der Waals surface area contributed by atoms with Gasteiger partial charge >= 0.3 is 5.97 Å². The number of rotatable bonds is 2. The van der Waals surface area contributed by atoms with Crippen LogP contribution in [0.4, 0.5) is 0 Å². The van der Waals surface area contributed by atoms with E-state index in [1.54, 1.807) is 6.08 Å². The molecule has 3 rings (SSSR count). The lowest BCUT2D eigenvalue weighted by Gasteiger charge is -2.18. The number of phenols is 2. The molecule has 1 aromatic carbocycles. The maximum Gasteiger partial charge on any atom is 0.342 e. The number of hydrogen-bond acceptors (Lipinski definition) is 6. The van der Waals surface area contributed by atoms with Crippen LogP contribution in [0.5, 0.6) is 11.5 Å². The third-order valence-electron chi connectivity index (χ3n) is 4.74. The van der Waals surface area contributed by atoms with Gasteiger partial charge in [-0.3, -0.25) is 4.79 Å². The van der Waals surface area contributed by atoms with Gasteiger partial charge in [-0.2, -0.15) is 0 Å². The van der Waals surface area contributed by atoms with Crippen LogP contribution in [-0.2, 0) is 20.7 Å². The number of phenolic OH excluding ortho intramolecular Hbond substituents is 2.